The normalized spacial score (nSPS) is 9.61. The molecule has 0 saturated carbocycles. The first kappa shape index (κ1) is 12.0. The number of fused-ring (bicyclic) bond motifs is 1. The summed E-state index contributed by atoms with van der Waals surface area (Å²) in [6.07, 6.45) is 4.52. The van der Waals surface area contributed by atoms with Gasteiger partial charge in [-0.3, -0.25) is 4.79 Å². The molecule has 0 amide bonds. The van der Waals surface area contributed by atoms with E-state index in [0.29, 0.717) is 11.0 Å². The predicted octanol–water partition coefficient (Wildman–Crippen LogP) is 3.08. The number of para-hydroxylation sites is 1. The Labute approximate surface area is 103 Å². The van der Waals surface area contributed by atoms with E-state index in [1.807, 2.05) is 12.1 Å². The Kier molecular flexibility index (Phi) is 3.81. The number of rotatable bonds is 1. The Balaban J connectivity index is 0.000000149. The molecule has 0 atom stereocenters. The van der Waals surface area contributed by atoms with Crippen molar-refractivity contribution in [2.75, 3.05) is 7.11 Å². The summed E-state index contributed by atoms with van der Waals surface area (Å²) in [6.45, 7) is 0. The van der Waals surface area contributed by atoms with E-state index in [2.05, 4.69) is 4.42 Å². The molecule has 0 aliphatic rings. The third kappa shape index (κ3) is 2.79. The molecule has 3 rings (SSSR count). The Morgan fingerprint density at radius 3 is 2.50 bits per heavy atom. The molecule has 0 saturated heterocycles. The van der Waals surface area contributed by atoms with Crippen LogP contribution in [0.15, 0.2) is 68.8 Å². The van der Waals surface area contributed by atoms with Gasteiger partial charge in [-0.25, -0.2) is 0 Å². The fraction of sp³-hybridized carbons (Fsp3) is 0.0714. The maximum Gasteiger partial charge on any atom is 0.192 e. The highest BCUT2D eigenvalue weighted by molar-refractivity contribution is 5.75. The highest BCUT2D eigenvalue weighted by Gasteiger charge is 1.95. The van der Waals surface area contributed by atoms with Crippen LogP contribution in [0.1, 0.15) is 0 Å². The van der Waals surface area contributed by atoms with Crippen LogP contribution >= 0.6 is 0 Å². The van der Waals surface area contributed by atoms with Gasteiger partial charge in [-0.15, -0.1) is 0 Å². The van der Waals surface area contributed by atoms with Crippen molar-refractivity contribution in [1.29, 1.82) is 0 Å². The standard InChI is InChI=1S/C9H6O2.C5H6O2/c10-8-5-6-11-9-4-2-1-3-7(8)9;1-6-5-2-3-7-4-5/h1-6H;2-4H,1H3. The van der Waals surface area contributed by atoms with Gasteiger partial charge in [0.1, 0.15) is 11.8 Å². The zero-order chi connectivity index (χ0) is 12.8. The second-order valence-corrected chi connectivity index (χ2v) is 3.44. The minimum absolute atomic E-state index is 0.00634. The molecule has 0 radical (unpaired) electrons. The second-order valence-electron chi connectivity index (χ2n) is 3.44. The van der Waals surface area contributed by atoms with E-state index in [4.69, 9.17) is 9.15 Å². The van der Waals surface area contributed by atoms with E-state index in [1.165, 1.54) is 12.3 Å². The molecule has 92 valence electrons. The molecule has 2 heterocycles. The van der Waals surface area contributed by atoms with E-state index in [1.54, 1.807) is 37.8 Å². The molecule has 0 aliphatic carbocycles. The van der Waals surface area contributed by atoms with Crippen LogP contribution in [0, 0.1) is 0 Å². The van der Waals surface area contributed by atoms with Gasteiger partial charge >= 0.3 is 0 Å². The molecular formula is C14H12O4. The molecular weight excluding hydrogens is 232 g/mol. The van der Waals surface area contributed by atoms with E-state index >= 15 is 0 Å². The number of hydrogen-bond acceptors (Lipinski definition) is 4. The Morgan fingerprint density at radius 1 is 1.06 bits per heavy atom. The SMILES string of the molecule is COc1ccoc1.O=c1ccoc2ccccc12. The van der Waals surface area contributed by atoms with Crippen LogP contribution in [0.25, 0.3) is 11.0 Å². The number of hydrogen-bond donors (Lipinski definition) is 0. The molecule has 1 aromatic carbocycles. The van der Waals surface area contributed by atoms with Gasteiger partial charge in [0.25, 0.3) is 0 Å². The predicted molar refractivity (Wildman–Crippen MR) is 67.7 cm³/mol. The first-order chi connectivity index (χ1) is 8.81. The quantitative estimate of drug-likeness (QED) is 0.660. The number of methoxy groups -OCH3 is 1. The van der Waals surface area contributed by atoms with Crippen LogP contribution in [0.4, 0.5) is 0 Å². The van der Waals surface area contributed by atoms with Gasteiger partial charge < -0.3 is 13.6 Å². The lowest BCUT2D eigenvalue weighted by Crippen LogP contribution is -1.96. The fourth-order valence-electron chi connectivity index (χ4n) is 1.40. The summed E-state index contributed by atoms with van der Waals surface area (Å²) in [5, 5.41) is 0.634. The largest absolute Gasteiger partial charge is 0.493 e. The van der Waals surface area contributed by atoms with E-state index in [-0.39, 0.29) is 5.43 Å². The molecule has 0 spiro atoms. The van der Waals surface area contributed by atoms with E-state index < -0.39 is 0 Å². The molecule has 2 aromatic heterocycles. The van der Waals surface area contributed by atoms with Crippen molar-refractivity contribution in [2.24, 2.45) is 0 Å². The highest BCUT2D eigenvalue weighted by Crippen LogP contribution is 2.07. The summed E-state index contributed by atoms with van der Waals surface area (Å²) in [5.41, 5.74) is 0.645. The first-order valence-electron chi connectivity index (χ1n) is 5.34. The Morgan fingerprint density at radius 2 is 1.89 bits per heavy atom. The van der Waals surface area contributed by atoms with Crippen LogP contribution in [0.3, 0.4) is 0 Å². The summed E-state index contributed by atoms with van der Waals surface area (Å²) < 4.78 is 14.5. The van der Waals surface area contributed by atoms with Crippen LogP contribution in [0.2, 0.25) is 0 Å². The molecule has 0 N–H and O–H groups in total. The van der Waals surface area contributed by atoms with Crippen molar-refractivity contribution in [3.05, 3.63) is 65.4 Å². The monoisotopic (exact) mass is 244 g/mol. The van der Waals surface area contributed by atoms with Gasteiger partial charge in [0.05, 0.1) is 25.0 Å². The van der Waals surface area contributed by atoms with E-state index in [0.717, 1.165) is 5.75 Å². The lowest BCUT2D eigenvalue weighted by Gasteiger charge is -1.91. The summed E-state index contributed by atoms with van der Waals surface area (Å²) in [5.74, 6) is 0.764. The minimum atomic E-state index is 0.00634. The average molecular weight is 244 g/mol. The summed E-state index contributed by atoms with van der Waals surface area (Å²) in [7, 11) is 1.60. The Bertz CT molecular complexity index is 647. The second kappa shape index (κ2) is 5.72. The summed E-state index contributed by atoms with van der Waals surface area (Å²) in [4.78, 5) is 11.1. The molecule has 0 bridgehead atoms. The molecule has 3 aromatic rings. The Hall–Kier alpha value is -2.49. The van der Waals surface area contributed by atoms with Crippen molar-refractivity contribution in [2.45, 2.75) is 0 Å². The van der Waals surface area contributed by atoms with Crippen LogP contribution in [-0.4, -0.2) is 7.11 Å². The van der Waals surface area contributed by atoms with Crippen molar-refractivity contribution < 1.29 is 13.6 Å². The lowest BCUT2D eigenvalue weighted by molar-refractivity contribution is 0.406. The topological polar surface area (TPSA) is 52.6 Å². The molecule has 4 nitrogen and oxygen atoms in total. The number of furan rings is 1. The van der Waals surface area contributed by atoms with Crippen LogP contribution in [-0.2, 0) is 0 Å². The van der Waals surface area contributed by atoms with E-state index in [9.17, 15) is 4.79 Å². The average Bonchev–Trinajstić information content (AvgIpc) is 2.93. The third-order valence-electron chi connectivity index (χ3n) is 2.30. The highest BCUT2D eigenvalue weighted by atomic mass is 16.5. The lowest BCUT2D eigenvalue weighted by atomic mass is 10.2. The van der Waals surface area contributed by atoms with Gasteiger partial charge in [-0.05, 0) is 12.1 Å². The van der Waals surface area contributed by atoms with Crippen LogP contribution in [0.5, 0.6) is 5.75 Å². The number of benzene rings is 1. The molecule has 0 fully saturated rings. The zero-order valence-electron chi connectivity index (χ0n) is 9.83. The fourth-order valence-corrected chi connectivity index (χ4v) is 1.40. The van der Waals surface area contributed by atoms with Crippen molar-refractivity contribution in [3.63, 3.8) is 0 Å². The molecule has 18 heavy (non-hydrogen) atoms. The maximum atomic E-state index is 11.1. The van der Waals surface area contributed by atoms with Gasteiger partial charge in [-0.1, -0.05) is 12.1 Å². The molecule has 4 heteroatoms. The first-order valence-corrected chi connectivity index (χ1v) is 5.34. The molecule has 0 unspecified atom stereocenters. The maximum absolute atomic E-state index is 11.1. The minimum Gasteiger partial charge on any atom is -0.493 e. The van der Waals surface area contributed by atoms with Crippen LogP contribution < -0.4 is 10.2 Å². The van der Waals surface area contributed by atoms with Gasteiger partial charge in [0.15, 0.2) is 11.2 Å². The zero-order valence-corrected chi connectivity index (χ0v) is 9.83. The molecule has 0 aliphatic heterocycles. The number of ether oxygens (including phenoxy) is 1. The van der Waals surface area contributed by atoms with Crippen molar-refractivity contribution in [1.82, 2.24) is 0 Å². The smallest absolute Gasteiger partial charge is 0.192 e. The third-order valence-corrected chi connectivity index (χ3v) is 2.30. The summed E-state index contributed by atoms with van der Waals surface area (Å²) in [6, 6.07) is 10.4. The van der Waals surface area contributed by atoms with Crippen molar-refractivity contribution >= 4 is 11.0 Å². The van der Waals surface area contributed by atoms with Gasteiger partial charge in [0.2, 0.25) is 0 Å². The van der Waals surface area contributed by atoms with Gasteiger partial charge in [-0.2, -0.15) is 0 Å². The van der Waals surface area contributed by atoms with Crippen molar-refractivity contribution in [3.8, 4) is 5.75 Å². The van der Waals surface area contributed by atoms with Gasteiger partial charge in [0, 0.05) is 12.1 Å². The summed E-state index contributed by atoms with van der Waals surface area (Å²) >= 11 is 0.